The molecule has 2 rings (SSSR count). The van der Waals surface area contributed by atoms with Crippen LogP contribution in [0.5, 0.6) is 0 Å². The second kappa shape index (κ2) is 8.38. The third-order valence-corrected chi connectivity index (χ3v) is 7.19. The quantitative estimate of drug-likeness (QED) is 0.597. The number of aliphatic imine (C=N–C) groups is 1. The summed E-state index contributed by atoms with van der Waals surface area (Å²) in [5, 5.41) is 7.10. The molecule has 1 aliphatic rings. The van der Waals surface area contributed by atoms with Gasteiger partial charge < -0.3 is 15.4 Å². The molecule has 0 bridgehead atoms. The first-order chi connectivity index (χ1) is 11.8. The molecule has 0 spiro atoms. The van der Waals surface area contributed by atoms with Gasteiger partial charge in [0.15, 0.2) is 15.8 Å². The third kappa shape index (κ3) is 4.86. The van der Waals surface area contributed by atoms with Gasteiger partial charge in [0.05, 0.1) is 10.8 Å². The van der Waals surface area contributed by atoms with Crippen molar-refractivity contribution in [2.75, 3.05) is 33.1 Å². The molecule has 8 heteroatoms. The van der Waals surface area contributed by atoms with E-state index in [4.69, 9.17) is 16.3 Å². The van der Waals surface area contributed by atoms with Gasteiger partial charge in [-0.15, -0.1) is 0 Å². The van der Waals surface area contributed by atoms with E-state index >= 15 is 0 Å². The van der Waals surface area contributed by atoms with Crippen LogP contribution in [0, 0.1) is 0 Å². The summed E-state index contributed by atoms with van der Waals surface area (Å²) >= 11 is 6.23. The van der Waals surface area contributed by atoms with Crippen molar-refractivity contribution in [1.82, 2.24) is 10.6 Å². The highest BCUT2D eigenvalue weighted by Crippen LogP contribution is 2.28. The Morgan fingerprint density at radius 3 is 2.56 bits per heavy atom. The van der Waals surface area contributed by atoms with E-state index in [1.807, 2.05) is 31.2 Å². The topological polar surface area (TPSA) is 79.8 Å². The van der Waals surface area contributed by atoms with Crippen LogP contribution in [0.25, 0.3) is 0 Å². The Bertz CT molecular complexity index is 716. The number of hydrogen-bond acceptors (Lipinski definition) is 4. The predicted octanol–water partition coefficient (Wildman–Crippen LogP) is 2.16. The van der Waals surface area contributed by atoms with Crippen molar-refractivity contribution in [2.45, 2.75) is 30.6 Å². The molecule has 0 saturated carbocycles. The number of rotatable bonds is 5. The molecule has 2 N–H and O–H groups in total. The molecule has 1 saturated heterocycles. The Morgan fingerprint density at radius 2 is 2.00 bits per heavy atom. The number of hydrogen-bond donors (Lipinski definition) is 2. The molecular formula is C17H26ClN3O3S. The maximum atomic E-state index is 12.3. The highest BCUT2D eigenvalue weighted by molar-refractivity contribution is 7.92. The monoisotopic (exact) mass is 387 g/mol. The molecule has 0 amide bonds. The molecule has 25 heavy (non-hydrogen) atoms. The van der Waals surface area contributed by atoms with Crippen LogP contribution < -0.4 is 10.6 Å². The van der Waals surface area contributed by atoms with Crippen LogP contribution in [-0.4, -0.2) is 52.2 Å². The molecule has 1 aliphatic heterocycles. The lowest BCUT2D eigenvalue weighted by molar-refractivity contribution is 0.0756. The fourth-order valence-electron chi connectivity index (χ4n) is 2.97. The van der Waals surface area contributed by atoms with Crippen molar-refractivity contribution in [3.8, 4) is 0 Å². The van der Waals surface area contributed by atoms with Crippen molar-refractivity contribution in [3.63, 3.8) is 0 Å². The lowest BCUT2D eigenvalue weighted by Crippen LogP contribution is -2.53. The van der Waals surface area contributed by atoms with E-state index in [1.165, 1.54) is 6.26 Å². The van der Waals surface area contributed by atoms with Crippen LogP contribution in [0.2, 0.25) is 5.02 Å². The summed E-state index contributed by atoms with van der Waals surface area (Å²) in [6, 6.07) is 7.53. The van der Waals surface area contributed by atoms with Crippen molar-refractivity contribution in [3.05, 3.63) is 34.9 Å². The third-order valence-electron chi connectivity index (χ3n) is 4.72. The van der Waals surface area contributed by atoms with Crippen LogP contribution in [0.1, 0.15) is 31.4 Å². The summed E-state index contributed by atoms with van der Waals surface area (Å²) in [4.78, 5) is 4.21. The van der Waals surface area contributed by atoms with Crippen LogP contribution in [0.15, 0.2) is 29.3 Å². The highest BCUT2D eigenvalue weighted by atomic mass is 35.5. The Morgan fingerprint density at radius 1 is 1.36 bits per heavy atom. The first-order valence-corrected chi connectivity index (χ1v) is 10.5. The van der Waals surface area contributed by atoms with E-state index in [0.29, 0.717) is 43.6 Å². The Labute approximate surface area is 154 Å². The molecule has 1 fully saturated rings. The van der Waals surface area contributed by atoms with Gasteiger partial charge in [-0.1, -0.05) is 29.8 Å². The Kier molecular flexibility index (Phi) is 6.71. The average Bonchev–Trinajstić information content (AvgIpc) is 2.58. The summed E-state index contributed by atoms with van der Waals surface area (Å²) in [6.07, 6.45) is 2.26. The Hall–Kier alpha value is -1.31. The summed E-state index contributed by atoms with van der Waals surface area (Å²) in [5.41, 5.74) is 0.955. The second-order valence-corrected chi connectivity index (χ2v) is 9.20. The molecule has 0 radical (unpaired) electrons. The van der Waals surface area contributed by atoms with Gasteiger partial charge in [-0.05, 0) is 31.4 Å². The first-order valence-electron chi connectivity index (χ1n) is 8.28. The zero-order valence-corrected chi connectivity index (χ0v) is 16.5. The number of sulfone groups is 1. The number of ether oxygens (including phenoxy) is 1. The van der Waals surface area contributed by atoms with Crippen LogP contribution >= 0.6 is 11.6 Å². The average molecular weight is 388 g/mol. The van der Waals surface area contributed by atoms with Gasteiger partial charge in [0, 0.05) is 38.1 Å². The zero-order chi connectivity index (χ0) is 18.5. The summed E-state index contributed by atoms with van der Waals surface area (Å²) in [5.74, 6) is 0.543. The normalized spacial score (nSPS) is 19.3. The highest BCUT2D eigenvalue weighted by Gasteiger charge is 2.42. The molecule has 0 aliphatic carbocycles. The first kappa shape index (κ1) is 20.0. The summed E-state index contributed by atoms with van der Waals surface area (Å²) in [6.45, 7) is 3.19. The molecular weight excluding hydrogens is 362 g/mol. The number of guanidine groups is 1. The number of nitrogens with zero attached hydrogens (tertiary/aromatic N) is 1. The minimum Gasteiger partial charge on any atom is -0.381 e. The molecule has 1 aromatic carbocycles. The van der Waals surface area contributed by atoms with Crippen LogP contribution in [0.4, 0.5) is 0 Å². The van der Waals surface area contributed by atoms with Gasteiger partial charge in [-0.25, -0.2) is 8.42 Å². The lowest BCUT2D eigenvalue weighted by Gasteiger charge is -2.36. The van der Waals surface area contributed by atoms with Crippen molar-refractivity contribution in [1.29, 1.82) is 0 Å². The van der Waals surface area contributed by atoms with Crippen LogP contribution in [0.3, 0.4) is 0 Å². The van der Waals surface area contributed by atoms with Gasteiger partial charge in [-0.3, -0.25) is 4.99 Å². The molecule has 140 valence electrons. The number of nitrogens with one attached hydrogen (secondary N) is 2. The van der Waals surface area contributed by atoms with Gasteiger partial charge in [0.2, 0.25) is 0 Å². The van der Waals surface area contributed by atoms with Crippen LogP contribution in [-0.2, 0) is 14.6 Å². The van der Waals surface area contributed by atoms with E-state index in [1.54, 1.807) is 7.05 Å². The standard InChI is InChI=1S/C17H26ClN3O3S/c1-13(14-6-4-5-7-15(14)18)21-16(19-2)20-12-17(25(3,22)23)8-10-24-11-9-17/h4-7,13H,8-12H2,1-3H3,(H2,19,20,21). The van der Waals surface area contributed by atoms with E-state index in [0.717, 1.165) is 5.56 Å². The van der Waals surface area contributed by atoms with Crippen molar-refractivity contribution < 1.29 is 13.2 Å². The predicted molar refractivity (Wildman–Crippen MR) is 102 cm³/mol. The fourth-order valence-corrected chi connectivity index (χ4v) is 4.51. The van der Waals surface area contributed by atoms with E-state index in [9.17, 15) is 8.42 Å². The largest absolute Gasteiger partial charge is 0.381 e. The maximum Gasteiger partial charge on any atom is 0.191 e. The van der Waals surface area contributed by atoms with Gasteiger partial charge in [0.25, 0.3) is 0 Å². The molecule has 1 heterocycles. The van der Waals surface area contributed by atoms with Gasteiger partial charge >= 0.3 is 0 Å². The minimum atomic E-state index is -3.23. The molecule has 1 atom stereocenters. The number of benzene rings is 1. The number of halogens is 1. The SMILES string of the molecule is CN=C(NCC1(S(C)(=O)=O)CCOCC1)NC(C)c1ccccc1Cl. The lowest BCUT2D eigenvalue weighted by atomic mass is 9.99. The molecule has 6 nitrogen and oxygen atoms in total. The smallest absolute Gasteiger partial charge is 0.191 e. The zero-order valence-electron chi connectivity index (χ0n) is 14.9. The van der Waals surface area contributed by atoms with Gasteiger partial charge in [0.1, 0.15) is 0 Å². The van der Waals surface area contributed by atoms with E-state index < -0.39 is 14.6 Å². The molecule has 1 unspecified atom stereocenters. The Balaban J connectivity index is 2.05. The fraction of sp³-hybridized carbons (Fsp3) is 0.588. The second-order valence-electron chi connectivity index (χ2n) is 6.38. The molecule has 1 aromatic rings. The van der Waals surface area contributed by atoms with E-state index in [2.05, 4.69) is 15.6 Å². The maximum absolute atomic E-state index is 12.3. The van der Waals surface area contributed by atoms with Crippen molar-refractivity contribution in [2.24, 2.45) is 4.99 Å². The minimum absolute atomic E-state index is 0.0660. The van der Waals surface area contributed by atoms with E-state index in [-0.39, 0.29) is 6.04 Å². The van der Waals surface area contributed by atoms with Crippen molar-refractivity contribution >= 4 is 27.4 Å². The summed E-state index contributed by atoms with van der Waals surface area (Å²) in [7, 11) is -1.57. The molecule has 0 aromatic heterocycles. The van der Waals surface area contributed by atoms with Gasteiger partial charge in [-0.2, -0.15) is 0 Å². The summed E-state index contributed by atoms with van der Waals surface area (Å²) < 4.78 is 29.2.